The Kier molecular flexibility index (Phi) is 5.75. The Bertz CT molecular complexity index is 549. The maximum Gasteiger partial charge on any atom is 0.240 e. The number of hydrogen-bond acceptors (Lipinski definition) is 2. The van der Waals surface area contributed by atoms with Gasteiger partial charge in [-0.2, -0.15) is 0 Å². The summed E-state index contributed by atoms with van der Waals surface area (Å²) < 4.78 is 39.8. The van der Waals surface area contributed by atoms with Crippen LogP contribution in [-0.2, 0) is 9.59 Å². The van der Waals surface area contributed by atoms with E-state index in [1.54, 1.807) is 6.92 Å². The second kappa shape index (κ2) is 7.10. The van der Waals surface area contributed by atoms with Crippen LogP contribution in [0.15, 0.2) is 12.1 Å². The first-order valence-electron chi connectivity index (χ1n) is 6.48. The zero-order valence-corrected chi connectivity index (χ0v) is 12.0. The molecule has 21 heavy (non-hydrogen) atoms. The second-order valence-electron chi connectivity index (χ2n) is 4.68. The van der Waals surface area contributed by atoms with Gasteiger partial charge in [-0.15, -0.1) is 0 Å². The normalized spacial score (nSPS) is 11.9. The monoisotopic (exact) mass is 302 g/mol. The van der Waals surface area contributed by atoms with E-state index in [0.717, 1.165) is 17.9 Å². The molecular formula is C14H17F3N2O2. The molecule has 1 aromatic rings. The van der Waals surface area contributed by atoms with Gasteiger partial charge in [-0.05, 0) is 25.5 Å². The molecule has 7 heteroatoms. The van der Waals surface area contributed by atoms with Crippen molar-refractivity contribution in [2.45, 2.75) is 33.2 Å². The van der Waals surface area contributed by atoms with Crippen molar-refractivity contribution >= 4 is 17.5 Å². The summed E-state index contributed by atoms with van der Waals surface area (Å²) in [5, 5.41) is 2.61. The SMILES string of the molecule is CCC(C)NC(=O)CN(C(C)=O)c1ccc(F)c(F)c1F. The number of anilines is 1. The molecule has 1 aromatic carbocycles. The number of nitrogens with zero attached hydrogens (tertiary/aromatic N) is 1. The maximum absolute atomic E-state index is 13.7. The number of nitrogens with one attached hydrogen (secondary N) is 1. The fourth-order valence-corrected chi connectivity index (χ4v) is 1.66. The van der Waals surface area contributed by atoms with Crippen molar-refractivity contribution in [3.05, 3.63) is 29.6 Å². The van der Waals surface area contributed by atoms with E-state index in [1.165, 1.54) is 0 Å². The molecule has 0 fully saturated rings. The standard InChI is InChI=1S/C14H17F3N2O2/c1-4-8(2)18-12(21)7-19(9(3)20)11-6-5-10(15)13(16)14(11)17/h5-6,8H,4,7H2,1-3H3,(H,18,21). The van der Waals surface area contributed by atoms with Crippen LogP contribution in [0.2, 0.25) is 0 Å². The van der Waals surface area contributed by atoms with Gasteiger partial charge in [0.05, 0.1) is 5.69 Å². The van der Waals surface area contributed by atoms with E-state index >= 15 is 0 Å². The number of rotatable bonds is 5. The van der Waals surface area contributed by atoms with Crippen LogP contribution in [0.1, 0.15) is 27.2 Å². The van der Waals surface area contributed by atoms with Crippen LogP contribution >= 0.6 is 0 Å². The van der Waals surface area contributed by atoms with Crippen molar-refractivity contribution in [2.24, 2.45) is 0 Å². The zero-order chi connectivity index (χ0) is 16.2. The van der Waals surface area contributed by atoms with Crippen molar-refractivity contribution in [3.63, 3.8) is 0 Å². The molecule has 0 aliphatic rings. The van der Waals surface area contributed by atoms with Gasteiger partial charge in [-0.3, -0.25) is 9.59 Å². The molecule has 0 saturated carbocycles. The highest BCUT2D eigenvalue weighted by molar-refractivity contribution is 5.97. The molecule has 1 unspecified atom stereocenters. The number of hydrogen-bond donors (Lipinski definition) is 1. The van der Waals surface area contributed by atoms with E-state index in [-0.39, 0.29) is 6.04 Å². The molecule has 4 nitrogen and oxygen atoms in total. The Labute approximate surface area is 120 Å². The Morgan fingerprint density at radius 1 is 1.24 bits per heavy atom. The topological polar surface area (TPSA) is 49.4 Å². The summed E-state index contributed by atoms with van der Waals surface area (Å²) in [4.78, 5) is 24.1. The van der Waals surface area contributed by atoms with Crippen LogP contribution < -0.4 is 10.2 Å². The van der Waals surface area contributed by atoms with Crippen LogP contribution in [-0.4, -0.2) is 24.4 Å². The lowest BCUT2D eigenvalue weighted by molar-refractivity contribution is -0.123. The fourth-order valence-electron chi connectivity index (χ4n) is 1.66. The minimum absolute atomic E-state index is 0.110. The van der Waals surface area contributed by atoms with Crippen LogP contribution in [0.25, 0.3) is 0 Å². The number of carbonyl (C=O) groups excluding carboxylic acids is 2. The molecule has 2 amide bonds. The Morgan fingerprint density at radius 3 is 2.38 bits per heavy atom. The van der Waals surface area contributed by atoms with Gasteiger partial charge in [0.25, 0.3) is 0 Å². The Hall–Kier alpha value is -2.05. The first-order chi connectivity index (χ1) is 9.77. The lowest BCUT2D eigenvalue weighted by atomic mass is 10.2. The third kappa shape index (κ3) is 4.21. The van der Waals surface area contributed by atoms with Gasteiger partial charge < -0.3 is 10.2 Å². The second-order valence-corrected chi connectivity index (χ2v) is 4.68. The molecule has 0 aliphatic heterocycles. The van der Waals surface area contributed by atoms with E-state index in [1.807, 2.05) is 6.92 Å². The first-order valence-corrected chi connectivity index (χ1v) is 6.48. The molecule has 0 aliphatic carbocycles. The van der Waals surface area contributed by atoms with E-state index in [9.17, 15) is 22.8 Å². The van der Waals surface area contributed by atoms with Gasteiger partial charge in [0.1, 0.15) is 6.54 Å². The number of carbonyl (C=O) groups is 2. The van der Waals surface area contributed by atoms with E-state index in [2.05, 4.69) is 5.32 Å². The molecule has 0 heterocycles. The van der Waals surface area contributed by atoms with Crippen molar-refractivity contribution < 1.29 is 22.8 Å². The smallest absolute Gasteiger partial charge is 0.240 e. The van der Waals surface area contributed by atoms with Gasteiger partial charge in [0.2, 0.25) is 11.8 Å². The van der Waals surface area contributed by atoms with Crippen molar-refractivity contribution in [1.82, 2.24) is 5.32 Å². The van der Waals surface area contributed by atoms with Gasteiger partial charge in [0.15, 0.2) is 17.5 Å². The van der Waals surface area contributed by atoms with Crippen molar-refractivity contribution in [1.29, 1.82) is 0 Å². The predicted octanol–water partition coefficient (Wildman–Crippen LogP) is 2.37. The highest BCUT2D eigenvalue weighted by Gasteiger charge is 2.23. The number of benzene rings is 1. The highest BCUT2D eigenvalue weighted by atomic mass is 19.2. The third-order valence-electron chi connectivity index (χ3n) is 3.01. The average molecular weight is 302 g/mol. The molecule has 0 aromatic heterocycles. The van der Waals surface area contributed by atoms with Gasteiger partial charge >= 0.3 is 0 Å². The van der Waals surface area contributed by atoms with Gasteiger partial charge in [-0.1, -0.05) is 6.92 Å². The van der Waals surface area contributed by atoms with Crippen LogP contribution in [0, 0.1) is 17.5 Å². The van der Waals surface area contributed by atoms with Crippen molar-refractivity contribution in [2.75, 3.05) is 11.4 Å². The van der Waals surface area contributed by atoms with Crippen molar-refractivity contribution in [3.8, 4) is 0 Å². The molecule has 0 radical (unpaired) electrons. The predicted molar refractivity (Wildman–Crippen MR) is 72.2 cm³/mol. The summed E-state index contributed by atoms with van der Waals surface area (Å²) >= 11 is 0. The minimum atomic E-state index is -1.68. The summed E-state index contributed by atoms with van der Waals surface area (Å²) in [5.41, 5.74) is -0.472. The molecule has 0 bridgehead atoms. The molecule has 0 saturated heterocycles. The molecule has 1 N–H and O–H groups in total. The summed E-state index contributed by atoms with van der Waals surface area (Å²) in [6.45, 7) is 4.27. The van der Waals surface area contributed by atoms with Crippen LogP contribution in [0.5, 0.6) is 0 Å². The average Bonchev–Trinajstić information content (AvgIpc) is 2.42. The van der Waals surface area contributed by atoms with E-state index < -0.39 is 41.5 Å². The van der Waals surface area contributed by atoms with E-state index in [4.69, 9.17) is 0 Å². The molecule has 116 valence electrons. The Morgan fingerprint density at radius 2 is 1.86 bits per heavy atom. The number of halogens is 3. The Balaban J connectivity index is 3.01. The third-order valence-corrected chi connectivity index (χ3v) is 3.01. The quantitative estimate of drug-likeness (QED) is 0.849. The first kappa shape index (κ1) is 17.0. The minimum Gasteiger partial charge on any atom is -0.352 e. The molecule has 1 atom stereocenters. The largest absolute Gasteiger partial charge is 0.352 e. The van der Waals surface area contributed by atoms with E-state index in [0.29, 0.717) is 12.5 Å². The maximum atomic E-state index is 13.7. The van der Waals surface area contributed by atoms with Gasteiger partial charge in [0, 0.05) is 13.0 Å². The summed E-state index contributed by atoms with van der Waals surface area (Å²) in [6.07, 6.45) is 0.686. The lowest BCUT2D eigenvalue weighted by Crippen LogP contribution is -2.43. The van der Waals surface area contributed by atoms with Crippen LogP contribution in [0.3, 0.4) is 0 Å². The highest BCUT2D eigenvalue weighted by Crippen LogP contribution is 2.23. The van der Waals surface area contributed by atoms with Crippen LogP contribution in [0.4, 0.5) is 18.9 Å². The number of amides is 2. The molecule has 0 spiro atoms. The summed E-state index contributed by atoms with van der Waals surface area (Å²) in [6, 6.07) is 1.52. The van der Waals surface area contributed by atoms with Gasteiger partial charge in [-0.25, -0.2) is 13.2 Å². The molecule has 1 rings (SSSR count). The zero-order valence-electron chi connectivity index (χ0n) is 12.0. The lowest BCUT2D eigenvalue weighted by Gasteiger charge is -2.22. The summed E-state index contributed by atoms with van der Waals surface area (Å²) in [7, 11) is 0. The summed E-state index contributed by atoms with van der Waals surface area (Å²) in [5.74, 6) is -5.70. The fraction of sp³-hybridized carbons (Fsp3) is 0.429. The molecular weight excluding hydrogens is 285 g/mol.